The normalized spacial score (nSPS) is 10.4. The molecule has 0 aromatic heterocycles. The van der Waals surface area contributed by atoms with Crippen molar-refractivity contribution in [1.29, 1.82) is 5.41 Å². The molecule has 0 saturated carbocycles. The highest BCUT2D eigenvalue weighted by atomic mass is 35.5. The van der Waals surface area contributed by atoms with Gasteiger partial charge in [0.05, 0.1) is 0 Å². The molecule has 0 aliphatic rings. The van der Waals surface area contributed by atoms with Gasteiger partial charge in [-0.2, -0.15) is 0 Å². The third-order valence-corrected chi connectivity index (χ3v) is 4.90. The summed E-state index contributed by atoms with van der Waals surface area (Å²) in [6.07, 6.45) is 0.0590. The molecule has 2 N–H and O–H groups in total. The summed E-state index contributed by atoms with van der Waals surface area (Å²) in [5.74, 6) is -0.477. The van der Waals surface area contributed by atoms with Gasteiger partial charge in [0.2, 0.25) is 0 Å². The predicted octanol–water partition coefficient (Wildman–Crippen LogP) is 6.06. The zero-order valence-corrected chi connectivity index (χ0v) is 17.1. The molecule has 4 nitrogen and oxygen atoms in total. The van der Waals surface area contributed by atoms with Crippen molar-refractivity contribution in [1.82, 2.24) is 0 Å². The SMILES string of the molecule is CC(=N)c1ccc(C(=O)Cc2ccc(Cl)cc2C(=O)Nc2ccc(Cl)cc2)cc1. The Balaban J connectivity index is 1.82. The van der Waals surface area contributed by atoms with Crippen LogP contribution in [0.15, 0.2) is 66.7 Å². The molecule has 1 amide bonds. The molecule has 0 fully saturated rings. The first-order valence-electron chi connectivity index (χ1n) is 8.87. The molecule has 0 heterocycles. The second-order valence-electron chi connectivity index (χ2n) is 6.56. The Hall–Kier alpha value is -2.95. The Labute approximate surface area is 179 Å². The van der Waals surface area contributed by atoms with E-state index in [-0.39, 0.29) is 18.1 Å². The first-order chi connectivity index (χ1) is 13.8. The number of rotatable bonds is 6. The fourth-order valence-corrected chi connectivity index (χ4v) is 3.13. The molecular formula is C23H18Cl2N2O2. The Kier molecular flexibility index (Phi) is 6.47. The van der Waals surface area contributed by atoms with Crippen LogP contribution in [0.1, 0.15) is 38.8 Å². The minimum atomic E-state index is -0.354. The van der Waals surface area contributed by atoms with Gasteiger partial charge in [-0.05, 0) is 54.4 Å². The van der Waals surface area contributed by atoms with Gasteiger partial charge in [-0.15, -0.1) is 0 Å². The predicted molar refractivity (Wildman–Crippen MR) is 118 cm³/mol. The number of hydrogen-bond donors (Lipinski definition) is 2. The number of ketones is 1. The van der Waals surface area contributed by atoms with E-state index < -0.39 is 0 Å². The number of Topliss-reactive ketones (excluding diaryl/α,β-unsaturated/α-hetero) is 1. The van der Waals surface area contributed by atoms with Gasteiger partial charge in [0.1, 0.15) is 0 Å². The fourth-order valence-electron chi connectivity index (χ4n) is 2.83. The summed E-state index contributed by atoms with van der Waals surface area (Å²) in [6.45, 7) is 1.69. The van der Waals surface area contributed by atoms with Gasteiger partial charge in [-0.25, -0.2) is 0 Å². The van der Waals surface area contributed by atoms with E-state index >= 15 is 0 Å². The van der Waals surface area contributed by atoms with E-state index in [1.54, 1.807) is 73.7 Å². The quantitative estimate of drug-likeness (QED) is 0.372. The van der Waals surface area contributed by atoms with Gasteiger partial charge in [0.15, 0.2) is 5.78 Å². The topological polar surface area (TPSA) is 70.0 Å². The van der Waals surface area contributed by atoms with Crippen LogP contribution in [0.5, 0.6) is 0 Å². The first-order valence-corrected chi connectivity index (χ1v) is 9.63. The number of carbonyl (C=O) groups is 2. The molecule has 29 heavy (non-hydrogen) atoms. The van der Waals surface area contributed by atoms with Gasteiger partial charge in [0.25, 0.3) is 5.91 Å². The van der Waals surface area contributed by atoms with Gasteiger partial charge in [0, 0.05) is 39.0 Å². The Bertz CT molecular complexity index is 1080. The van der Waals surface area contributed by atoms with Gasteiger partial charge >= 0.3 is 0 Å². The van der Waals surface area contributed by atoms with Crippen molar-refractivity contribution in [3.05, 3.63) is 99.0 Å². The van der Waals surface area contributed by atoms with Crippen molar-refractivity contribution in [2.24, 2.45) is 0 Å². The molecular weight excluding hydrogens is 407 g/mol. The second kappa shape index (κ2) is 9.03. The molecule has 0 bridgehead atoms. The van der Waals surface area contributed by atoms with E-state index in [2.05, 4.69) is 5.32 Å². The lowest BCUT2D eigenvalue weighted by molar-refractivity contribution is 0.0992. The number of benzene rings is 3. The zero-order valence-electron chi connectivity index (χ0n) is 15.6. The Morgan fingerprint density at radius 2 is 1.45 bits per heavy atom. The summed E-state index contributed by atoms with van der Waals surface area (Å²) >= 11 is 12.0. The molecule has 146 valence electrons. The van der Waals surface area contributed by atoms with Crippen molar-refractivity contribution < 1.29 is 9.59 Å². The van der Waals surface area contributed by atoms with E-state index in [4.69, 9.17) is 28.6 Å². The molecule has 0 atom stereocenters. The van der Waals surface area contributed by atoms with E-state index in [9.17, 15) is 9.59 Å². The number of amides is 1. The van der Waals surface area contributed by atoms with Crippen molar-refractivity contribution >= 4 is 46.3 Å². The number of carbonyl (C=O) groups excluding carboxylic acids is 2. The van der Waals surface area contributed by atoms with E-state index in [0.29, 0.717) is 38.1 Å². The smallest absolute Gasteiger partial charge is 0.256 e. The van der Waals surface area contributed by atoms with Crippen LogP contribution < -0.4 is 5.32 Å². The van der Waals surface area contributed by atoms with Crippen LogP contribution in [0.4, 0.5) is 5.69 Å². The summed E-state index contributed by atoms with van der Waals surface area (Å²) in [5.41, 5.74) is 3.23. The lowest BCUT2D eigenvalue weighted by Crippen LogP contribution is -2.16. The molecule has 3 aromatic carbocycles. The maximum absolute atomic E-state index is 12.8. The molecule has 0 spiro atoms. The van der Waals surface area contributed by atoms with Gasteiger partial charge < -0.3 is 10.7 Å². The molecule has 6 heteroatoms. The molecule has 3 aromatic rings. The van der Waals surface area contributed by atoms with E-state index in [1.165, 1.54) is 0 Å². The largest absolute Gasteiger partial charge is 0.322 e. The monoisotopic (exact) mass is 424 g/mol. The molecule has 0 unspecified atom stereocenters. The van der Waals surface area contributed by atoms with Gasteiger partial charge in [-0.1, -0.05) is 53.5 Å². The maximum atomic E-state index is 12.8. The van der Waals surface area contributed by atoms with Gasteiger partial charge in [-0.3, -0.25) is 9.59 Å². The molecule has 0 aliphatic heterocycles. The highest BCUT2D eigenvalue weighted by Crippen LogP contribution is 2.21. The van der Waals surface area contributed by atoms with Crippen molar-refractivity contribution in [2.75, 3.05) is 5.32 Å². The average molecular weight is 425 g/mol. The van der Waals surface area contributed by atoms with Crippen LogP contribution in [0, 0.1) is 5.41 Å². The average Bonchev–Trinajstić information content (AvgIpc) is 2.71. The molecule has 0 radical (unpaired) electrons. The van der Waals surface area contributed by atoms with Crippen LogP contribution in [-0.4, -0.2) is 17.4 Å². The van der Waals surface area contributed by atoms with Crippen LogP contribution in [0.3, 0.4) is 0 Å². The zero-order chi connectivity index (χ0) is 21.0. The number of anilines is 1. The van der Waals surface area contributed by atoms with Crippen molar-refractivity contribution in [2.45, 2.75) is 13.3 Å². The van der Waals surface area contributed by atoms with Crippen LogP contribution in [0.2, 0.25) is 10.0 Å². The highest BCUT2D eigenvalue weighted by molar-refractivity contribution is 6.31. The van der Waals surface area contributed by atoms with E-state index in [1.807, 2.05) is 0 Å². The highest BCUT2D eigenvalue weighted by Gasteiger charge is 2.16. The third-order valence-electron chi connectivity index (χ3n) is 4.41. The minimum absolute atomic E-state index is 0.0590. The fraction of sp³-hybridized carbons (Fsp3) is 0.0870. The van der Waals surface area contributed by atoms with Crippen molar-refractivity contribution in [3.63, 3.8) is 0 Å². The molecule has 3 rings (SSSR count). The maximum Gasteiger partial charge on any atom is 0.256 e. The van der Waals surface area contributed by atoms with Crippen molar-refractivity contribution in [3.8, 4) is 0 Å². The lowest BCUT2D eigenvalue weighted by Gasteiger charge is -2.11. The molecule has 0 saturated heterocycles. The van der Waals surface area contributed by atoms with Crippen LogP contribution in [-0.2, 0) is 6.42 Å². The summed E-state index contributed by atoms with van der Waals surface area (Å²) in [7, 11) is 0. The third kappa shape index (κ3) is 5.31. The molecule has 0 aliphatic carbocycles. The minimum Gasteiger partial charge on any atom is -0.322 e. The van der Waals surface area contributed by atoms with Crippen LogP contribution >= 0.6 is 23.2 Å². The standard InChI is InChI=1S/C23H18Cl2N2O2/c1-14(26)15-2-4-16(5-3-15)22(28)12-17-6-7-19(25)13-21(17)23(29)27-20-10-8-18(24)9-11-20/h2-11,13,26H,12H2,1H3,(H,27,29). The van der Waals surface area contributed by atoms with Crippen LogP contribution in [0.25, 0.3) is 0 Å². The van der Waals surface area contributed by atoms with E-state index in [0.717, 1.165) is 5.56 Å². The lowest BCUT2D eigenvalue weighted by atomic mass is 9.97. The summed E-state index contributed by atoms with van der Waals surface area (Å²) in [5, 5.41) is 11.4. The summed E-state index contributed by atoms with van der Waals surface area (Å²) in [4.78, 5) is 25.5. The first kappa shape index (κ1) is 20.8. The number of nitrogens with one attached hydrogen (secondary N) is 2. The number of hydrogen-bond acceptors (Lipinski definition) is 3. The summed E-state index contributed by atoms with van der Waals surface area (Å²) in [6, 6.07) is 18.5. The Morgan fingerprint density at radius 3 is 2.07 bits per heavy atom. The number of halogens is 2. The Morgan fingerprint density at radius 1 is 0.862 bits per heavy atom. The second-order valence-corrected chi connectivity index (χ2v) is 7.44. The summed E-state index contributed by atoms with van der Waals surface area (Å²) < 4.78 is 0.